The van der Waals surface area contributed by atoms with Crippen LogP contribution in [0.25, 0.3) is 0 Å². The molecule has 1 aromatic rings. The molecule has 0 bridgehead atoms. The average Bonchev–Trinajstić information content (AvgIpc) is 3.29. The number of esters is 2. The van der Waals surface area contributed by atoms with E-state index in [1.165, 1.54) is 77.5 Å². The normalized spacial score (nSPS) is 10.7. The topological polar surface area (TPSA) is 108 Å². The van der Waals surface area contributed by atoms with Gasteiger partial charge in [-0.2, -0.15) is 4.98 Å². The van der Waals surface area contributed by atoms with Crippen LogP contribution in [0.3, 0.4) is 0 Å². The summed E-state index contributed by atoms with van der Waals surface area (Å²) in [5.41, 5.74) is 0. The van der Waals surface area contributed by atoms with Gasteiger partial charge >= 0.3 is 18.0 Å². The molecule has 0 aliphatic heterocycles. The minimum Gasteiger partial charge on any atom is -0.465 e. The fourth-order valence-corrected chi connectivity index (χ4v) is 3.32. The molecule has 194 valence electrons. The molecule has 0 fully saturated rings. The van der Waals surface area contributed by atoms with E-state index in [4.69, 9.17) is 18.6 Å². The number of hydrogen-bond donors (Lipinski definition) is 0. The van der Waals surface area contributed by atoms with E-state index in [1.807, 2.05) is 0 Å². The molecule has 0 spiro atoms. The molecule has 9 nitrogen and oxygen atoms in total. The van der Waals surface area contributed by atoms with Crippen LogP contribution in [0.4, 0.5) is 0 Å². The van der Waals surface area contributed by atoms with Gasteiger partial charge in [0.2, 0.25) is 5.76 Å². The Hall–Kier alpha value is -2.58. The number of carbonyl (C=O) groups excluding carboxylic acids is 3. The smallest absolute Gasteiger partial charge is 0.394 e. The molecular weight excluding hydrogens is 440 g/mol. The lowest BCUT2D eigenvalue weighted by Gasteiger charge is -2.15. The van der Waals surface area contributed by atoms with Gasteiger partial charge in [-0.1, -0.05) is 77.6 Å². The number of amides is 1. The Kier molecular flexibility index (Phi) is 16.3. The van der Waals surface area contributed by atoms with Crippen molar-refractivity contribution >= 4 is 17.8 Å². The monoisotopic (exact) mass is 482 g/mol. The van der Waals surface area contributed by atoms with Gasteiger partial charge < -0.3 is 23.5 Å². The Morgan fingerprint density at radius 2 is 1.47 bits per heavy atom. The summed E-state index contributed by atoms with van der Waals surface area (Å²) in [6.07, 6.45) is 16.3. The summed E-state index contributed by atoms with van der Waals surface area (Å²) in [5.74, 6) is -2.05. The van der Waals surface area contributed by atoms with Crippen molar-refractivity contribution < 1.29 is 33.0 Å². The second-order valence-electron chi connectivity index (χ2n) is 8.36. The first-order valence-corrected chi connectivity index (χ1v) is 12.6. The predicted octanol–water partition coefficient (Wildman–Crippen LogP) is 4.93. The molecule has 1 heterocycles. The number of oxazole rings is 1. The maximum Gasteiger partial charge on any atom is 0.394 e. The van der Waals surface area contributed by atoms with E-state index in [1.54, 1.807) is 6.92 Å². The van der Waals surface area contributed by atoms with E-state index >= 15 is 0 Å². The molecule has 0 N–H and O–H groups in total. The van der Waals surface area contributed by atoms with Crippen molar-refractivity contribution in [3.8, 4) is 6.08 Å². The minimum absolute atomic E-state index is 0.000721. The molecule has 0 aromatic carbocycles. The zero-order valence-corrected chi connectivity index (χ0v) is 21.1. The Bertz CT molecular complexity index is 705. The lowest BCUT2D eigenvalue weighted by atomic mass is 10.1. The summed E-state index contributed by atoms with van der Waals surface area (Å²) in [6, 6.07) is 0. The fraction of sp³-hybridized carbons (Fsp3) is 0.760. The van der Waals surface area contributed by atoms with E-state index < -0.39 is 24.5 Å². The second-order valence-corrected chi connectivity index (χ2v) is 8.36. The first-order valence-electron chi connectivity index (χ1n) is 12.6. The van der Waals surface area contributed by atoms with Crippen molar-refractivity contribution in [2.45, 2.75) is 90.9 Å². The maximum absolute atomic E-state index is 12.0. The van der Waals surface area contributed by atoms with Gasteiger partial charge in [-0.25, -0.2) is 4.79 Å². The zero-order chi connectivity index (χ0) is 25.0. The van der Waals surface area contributed by atoms with Crippen molar-refractivity contribution in [2.24, 2.45) is 0 Å². The molecule has 9 heteroatoms. The van der Waals surface area contributed by atoms with E-state index in [0.29, 0.717) is 6.61 Å². The summed E-state index contributed by atoms with van der Waals surface area (Å²) in [5, 5.41) is 0. The van der Waals surface area contributed by atoms with Crippen molar-refractivity contribution in [2.75, 3.05) is 33.4 Å². The Morgan fingerprint density at radius 3 is 2.06 bits per heavy atom. The van der Waals surface area contributed by atoms with E-state index in [-0.39, 0.29) is 25.0 Å². The second kappa shape index (κ2) is 18.8. The van der Waals surface area contributed by atoms with E-state index in [9.17, 15) is 14.4 Å². The summed E-state index contributed by atoms with van der Waals surface area (Å²) < 4.78 is 20.4. The van der Waals surface area contributed by atoms with Crippen LogP contribution in [-0.2, 0) is 19.1 Å². The molecular formula is C25H42N2O7. The van der Waals surface area contributed by atoms with Gasteiger partial charge in [-0.15, -0.1) is 0 Å². The van der Waals surface area contributed by atoms with Gasteiger partial charge in [0.15, 0.2) is 6.61 Å². The van der Waals surface area contributed by atoms with Crippen LogP contribution in [0.2, 0.25) is 0 Å². The highest BCUT2D eigenvalue weighted by atomic mass is 16.6. The van der Waals surface area contributed by atoms with E-state index in [2.05, 4.69) is 11.9 Å². The third kappa shape index (κ3) is 13.9. The van der Waals surface area contributed by atoms with Crippen LogP contribution < -0.4 is 4.74 Å². The van der Waals surface area contributed by atoms with Crippen molar-refractivity contribution in [1.82, 2.24) is 9.88 Å². The molecule has 1 aromatic heterocycles. The highest BCUT2D eigenvalue weighted by Gasteiger charge is 2.19. The number of nitrogens with zero attached hydrogens (tertiary/aromatic N) is 2. The Balaban J connectivity index is 2.09. The van der Waals surface area contributed by atoms with Gasteiger partial charge in [0.1, 0.15) is 6.54 Å². The number of hydrogen-bond acceptors (Lipinski definition) is 8. The molecule has 34 heavy (non-hydrogen) atoms. The predicted molar refractivity (Wildman–Crippen MR) is 128 cm³/mol. The molecule has 0 saturated heterocycles. The number of carbonyl (C=O) groups is 3. The largest absolute Gasteiger partial charge is 0.465 e. The van der Waals surface area contributed by atoms with E-state index in [0.717, 1.165) is 17.7 Å². The van der Waals surface area contributed by atoms with Crippen LogP contribution in [-0.4, -0.2) is 61.1 Å². The zero-order valence-electron chi connectivity index (χ0n) is 21.1. The van der Waals surface area contributed by atoms with Crippen LogP contribution in [0.1, 0.15) is 101 Å². The summed E-state index contributed by atoms with van der Waals surface area (Å²) >= 11 is 0. The molecule has 0 saturated carbocycles. The first kappa shape index (κ1) is 29.5. The number of ether oxygens (including phenoxy) is 3. The first-order chi connectivity index (χ1) is 16.5. The number of likely N-dealkylation sites (N-methyl/N-ethyl adjacent to an activating group) is 1. The molecule has 0 aliphatic rings. The lowest BCUT2D eigenvalue weighted by Crippen LogP contribution is -2.36. The van der Waals surface area contributed by atoms with Crippen molar-refractivity contribution in [3.63, 3.8) is 0 Å². The number of rotatable bonds is 20. The fourth-order valence-electron chi connectivity index (χ4n) is 3.32. The van der Waals surface area contributed by atoms with Crippen LogP contribution >= 0.6 is 0 Å². The summed E-state index contributed by atoms with van der Waals surface area (Å²) in [6.45, 7) is 3.87. The van der Waals surface area contributed by atoms with Crippen molar-refractivity contribution in [3.05, 3.63) is 12.0 Å². The lowest BCUT2D eigenvalue weighted by molar-refractivity contribution is -0.148. The summed E-state index contributed by atoms with van der Waals surface area (Å²) in [7, 11) is 1.42. The summed E-state index contributed by atoms with van der Waals surface area (Å²) in [4.78, 5) is 40.4. The third-order valence-corrected chi connectivity index (χ3v) is 5.33. The molecule has 0 unspecified atom stereocenters. The SMILES string of the molecule is CCCCCCCCCCCCCCOc1ncc(C(=O)OCC(=O)N(C)CC(=O)OCC)o1. The van der Waals surface area contributed by atoms with Gasteiger partial charge in [0.25, 0.3) is 5.91 Å². The van der Waals surface area contributed by atoms with Gasteiger partial charge in [0.05, 0.1) is 19.4 Å². The number of unbranched alkanes of at least 4 members (excludes halogenated alkanes) is 11. The van der Waals surface area contributed by atoms with Gasteiger partial charge in [-0.05, 0) is 13.3 Å². The highest BCUT2D eigenvalue weighted by Crippen LogP contribution is 2.14. The molecule has 1 rings (SSSR count). The number of aromatic nitrogens is 1. The Labute approximate surface area is 203 Å². The van der Waals surface area contributed by atoms with Gasteiger partial charge in [0, 0.05) is 7.05 Å². The Morgan fingerprint density at radius 1 is 0.882 bits per heavy atom. The van der Waals surface area contributed by atoms with Gasteiger partial charge in [-0.3, -0.25) is 9.59 Å². The molecule has 1 amide bonds. The minimum atomic E-state index is -0.828. The standard InChI is InChI=1S/C25H42N2O7/c1-4-6-7-8-9-10-11-12-13-14-15-16-17-32-25-26-18-21(34-25)24(30)33-20-22(28)27(3)19-23(29)31-5-2/h18H,4-17,19-20H2,1-3H3. The van der Waals surface area contributed by atoms with Crippen LogP contribution in [0, 0.1) is 0 Å². The highest BCUT2D eigenvalue weighted by molar-refractivity contribution is 5.89. The quantitative estimate of drug-likeness (QED) is 0.190. The average molecular weight is 483 g/mol. The third-order valence-electron chi connectivity index (χ3n) is 5.33. The molecule has 0 radical (unpaired) electrons. The molecule has 0 atom stereocenters. The van der Waals surface area contributed by atoms with Crippen LogP contribution in [0.5, 0.6) is 6.08 Å². The molecule has 0 aliphatic carbocycles. The van der Waals surface area contributed by atoms with Crippen LogP contribution in [0.15, 0.2) is 10.6 Å². The maximum atomic E-state index is 12.0. The van der Waals surface area contributed by atoms with Crippen molar-refractivity contribution in [1.29, 1.82) is 0 Å².